The van der Waals surface area contributed by atoms with Crippen LogP contribution in [-0.2, 0) is 5.75 Å². The van der Waals surface area contributed by atoms with E-state index in [0.29, 0.717) is 11.3 Å². The van der Waals surface area contributed by atoms with Gasteiger partial charge in [0.05, 0.1) is 11.6 Å². The molecule has 1 unspecified atom stereocenters. The molecule has 0 aromatic heterocycles. The highest BCUT2D eigenvalue weighted by molar-refractivity contribution is 7.98. The molecule has 1 rings (SSSR count). The molecule has 1 atom stereocenters. The van der Waals surface area contributed by atoms with Crippen LogP contribution in [0.5, 0.6) is 0 Å². The van der Waals surface area contributed by atoms with E-state index in [0.717, 1.165) is 11.3 Å². The van der Waals surface area contributed by atoms with Crippen molar-refractivity contribution in [3.63, 3.8) is 0 Å². The molecule has 0 saturated carbocycles. The minimum absolute atomic E-state index is 0.154. The van der Waals surface area contributed by atoms with Gasteiger partial charge in [-0.3, -0.25) is 0 Å². The average Bonchev–Trinajstić information content (AvgIpc) is 2.29. The zero-order valence-corrected chi connectivity index (χ0v) is 9.93. The molecule has 0 aliphatic rings. The predicted molar refractivity (Wildman–Crippen MR) is 63.5 cm³/mol. The summed E-state index contributed by atoms with van der Waals surface area (Å²) in [4.78, 5) is 0. The summed E-state index contributed by atoms with van der Waals surface area (Å²) in [7, 11) is 0. The number of hydrogen-bond acceptors (Lipinski definition) is 3. The van der Waals surface area contributed by atoms with E-state index >= 15 is 0 Å². The summed E-state index contributed by atoms with van der Waals surface area (Å²) < 4.78 is 13.0. The highest BCUT2D eigenvalue weighted by Gasteiger charge is 2.05. The monoisotopic (exact) mass is 239 g/mol. The number of aliphatic hydroxyl groups excluding tert-OH is 1. The van der Waals surface area contributed by atoms with Gasteiger partial charge in [0, 0.05) is 12.4 Å². The Balaban J connectivity index is 2.59. The van der Waals surface area contributed by atoms with Crippen LogP contribution in [-0.4, -0.2) is 17.5 Å². The van der Waals surface area contributed by atoms with Crippen molar-refractivity contribution in [2.75, 3.05) is 12.4 Å². The molecule has 0 spiro atoms. The third-order valence-corrected chi connectivity index (χ3v) is 3.48. The molecule has 0 aliphatic carbocycles. The molecule has 0 amide bonds. The van der Waals surface area contributed by atoms with Gasteiger partial charge in [-0.1, -0.05) is 6.92 Å². The van der Waals surface area contributed by atoms with Crippen molar-refractivity contribution in [3.8, 4) is 6.07 Å². The van der Waals surface area contributed by atoms with E-state index in [4.69, 9.17) is 10.4 Å². The van der Waals surface area contributed by atoms with Gasteiger partial charge in [-0.25, -0.2) is 4.39 Å². The maximum Gasteiger partial charge on any atom is 0.123 e. The Bertz CT molecular complexity index is 389. The Kier molecular flexibility index (Phi) is 5.30. The Morgan fingerprint density at radius 1 is 1.56 bits per heavy atom. The molecule has 0 saturated heterocycles. The van der Waals surface area contributed by atoms with Crippen molar-refractivity contribution in [2.24, 2.45) is 5.92 Å². The van der Waals surface area contributed by atoms with Crippen LogP contribution in [0, 0.1) is 23.1 Å². The van der Waals surface area contributed by atoms with Gasteiger partial charge in [0.2, 0.25) is 0 Å². The molecular weight excluding hydrogens is 225 g/mol. The molecule has 86 valence electrons. The lowest BCUT2D eigenvalue weighted by atomic mass is 10.1. The Morgan fingerprint density at radius 3 is 2.94 bits per heavy atom. The van der Waals surface area contributed by atoms with Crippen molar-refractivity contribution >= 4 is 11.8 Å². The number of nitrogens with zero attached hydrogens (tertiary/aromatic N) is 1. The van der Waals surface area contributed by atoms with E-state index in [-0.39, 0.29) is 18.3 Å². The lowest BCUT2D eigenvalue weighted by Crippen LogP contribution is -2.03. The van der Waals surface area contributed by atoms with Gasteiger partial charge in [0.25, 0.3) is 0 Å². The first-order valence-corrected chi connectivity index (χ1v) is 6.20. The van der Waals surface area contributed by atoms with Gasteiger partial charge in [-0.05, 0) is 35.4 Å². The normalized spacial score (nSPS) is 12.1. The van der Waals surface area contributed by atoms with E-state index in [9.17, 15) is 4.39 Å². The van der Waals surface area contributed by atoms with Crippen molar-refractivity contribution in [2.45, 2.75) is 12.7 Å². The first-order valence-electron chi connectivity index (χ1n) is 5.04. The number of halogens is 1. The zero-order chi connectivity index (χ0) is 12.0. The van der Waals surface area contributed by atoms with Gasteiger partial charge < -0.3 is 5.11 Å². The maximum atomic E-state index is 13.0. The summed E-state index contributed by atoms with van der Waals surface area (Å²) in [6.45, 7) is 2.10. The average molecular weight is 239 g/mol. The molecular formula is C12H14FNOS. The molecule has 0 bridgehead atoms. The van der Waals surface area contributed by atoms with Crippen LogP contribution < -0.4 is 0 Å². The molecule has 1 aromatic rings. The number of thioether (sulfide) groups is 1. The van der Waals surface area contributed by atoms with Gasteiger partial charge >= 0.3 is 0 Å². The summed E-state index contributed by atoms with van der Waals surface area (Å²) in [5.41, 5.74) is 1.24. The SMILES string of the molecule is CC(CO)CSCc1cc(F)ccc1C#N. The largest absolute Gasteiger partial charge is 0.396 e. The topological polar surface area (TPSA) is 44.0 Å². The Hall–Kier alpha value is -1.05. The molecule has 0 radical (unpaired) electrons. The fourth-order valence-corrected chi connectivity index (χ4v) is 2.30. The second kappa shape index (κ2) is 6.51. The number of hydrogen-bond donors (Lipinski definition) is 1. The van der Waals surface area contributed by atoms with Crippen molar-refractivity contribution < 1.29 is 9.50 Å². The quantitative estimate of drug-likeness (QED) is 0.858. The van der Waals surface area contributed by atoms with Gasteiger partial charge in [-0.2, -0.15) is 17.0 Å². The van der Waals surface area contributed by atoms with E-state index in [1.807, 2.05) is 13.0 Å². The summed E-state index contributed by atoms with van der Waals surface area (Å²) in [5, 5.41) is 17.7. The van der Waals surface area contributed by atoms with Gasteiger partial charge in [0.15, 0.2) is 0 Å². The fourth-order valence-electron chi connectivity index (χ4n) is 1.21. The van der Waals surface area contributed by atoms with Gasteiger partial charge in [-0.15, -0.1) is 0 Å². The van der Waals surface area contributed by atoms with Crippen LogP contribution in [0.4, 0.5) is 4.39 Å². The molecule has 16 heavy (non-hydrogen) atoms. The minimum atomic E-state index is -0.315. The summed E-state index contributed by atoms with van der Waals surface area (Å²) in [5.74, 6) is 1.32. The van der Waals surface area contributed by atoms with Crippen LogP contribution in [0.3, 0.4) is 0 Å². The third kappa shape index (κ3) is 3.84. The van der Waals surface area contributed by atoms with Crippen LogP contribution in [0.2, 0.25) is 0 Å². The van der Waals surface area contributed by atoms with E-state index in [2.05, 4.69) is 0 Å². The first-order chi connectivity index (χ1) is 7.67. The smallest absolute Gasteiger partial charge is 0.123 e. The third-order valence-electron chi connectivity index (χ3n) is 2.16. The molecule has 1 aromatic carbocycles. The highest BCUT2D eigenvalue weighted by atomic mass is 32.2. The lowest BCUT2D eigenvalue weighted by Gasteiger charge is -2.08. The lowest BCUT2D eigenvalue weighted by molar-refractivity contribution is 0.250. The number of rotatable bonds is 5. The Morgan fingerprint density at radius 2 is 2.31 bits per heavy atom. The second-order valence-electron chi connectivity index (χ2n) is 3.72. The van der Waals surface area contributed by atoms with Crippen molar-refractivity contribution in [3.05, 3.63) is 35.1 Å². The second-order valence-corrected chi connectivity index (χ2v) is 4.75. The van der Waals surface area contributed by atoms with Gasteiger partial charge in [0.1, 0.15) is 5.82 Å². The van der Waals surface area contributed by atoms with Crippen LogP contribution in [0.1, 0.15) is 18.1 Å². The molecule has 0 fully saturated rings. The first kappa shape index (κ1) is 13.0. The molecule has 2 nitrogen and oxygen atoms in total. The molecule has 0 heterocycles. The molecule has 0 aliphatic heterocycles. The highest BCUT2D eigenvalue weighted by Crippen LogP contribution is 2.19. The standard InChI is InChI=1S/C12H14FNOS/c1-9(6-15)7-16-8-11-4-12(13)3-2-10(11)5-14/h2-4,9,15H,6-8H2,1H3. The minimum Gasteiger partial charge on any atom is -0.396 e. The predicted octanol–water partition coefficient (Wildman–Crippen LogP) is 2.56. The fraction of sp³-hybridized carbons (Fsp3) is 0.417. The van der Waals surface area contributed by atoms with E-state index < -0.39 is 0 Å². The number of nitriles is 1. The van der Waals surface area contributed by atoms with E-state index in [1.54, 1.807) is 11.8 Å². The zero-order valence-electron chi connectivity index (χ0n) is 9.11. The van der Waals surface area contributed by atoms with Crippen LogP contribution >= 0.6 is 11.8 Å². The van der Waals surface area contributed by atoms with Crippen molar-refractivity contribution in [1.82, 2.24) is 0 Å². The molecule has 1 N–H and O–H groups in total. The van der Waals surface area contributed by atoms with Crippen LogP contribution in [0.25, 0.3) is 0 Å². The Labute approximate surface area is 99.1 Å². The summed E-state index contributed by atoms with van der Waals surface area (Å²) in [6.07, 6.45) is 0. The van der Waals surface area contributed by atoms with E-state index in [1.165, 1.54) is 18.2 Å². The maximum absolute atomic E-state index is 13.0. The number of benzene rings is 1. The summed E-state index contributed by atoms with van der Waals surface area (Å²) >= 11 is 1.60. The summed E-state index contributed by atoms with van der Waals surface area (Å²) in [6, 6.07) is 6.24. The molecule has 4 heteroatoms. The van der Waals surface area contributed by atoms with Crippen LogP contribution in [0.15, 0.2) is 18.2 Å². The van der Waals surface area contributed by atoms with Crippen molar-refractivity contribution in [1.29, 1.82) is 5.26 Å². The number of aliphatic hydroxyl groups is 1.